The number of halogens is 1. The van der Waals surface area contributed by atoms with Gasteiger partial charge in [-0.05, 0) is 37.5 Å². The highest BCUT2D eigenvalue weighted by atomic mass is 32.1. The highest BCUT2D eigenvalue weighted by Gasteiger charge is 2.20. The fraction of sp³-hybridized carbons (Fsp3) is 0.350. The van der Waals surface area contributed by atoms with Crippen molar-refractivity contribution in [2.24, 2.45) is 0 Å². The van der Waals surface area contributed by atoms with Crippen molar-refractivity contribution in [3.8, 4) is 0 Å². The predicted octanol–water partition coefficient (Wildman–Crippen LogP) is 2.17. The van der Waals surface area contributed by atoms with Gasteiger partial charge in [-0.2, -0.15) is 0 Å². The molecule has 3 rings (SSSR count). The predicted molar refractivity (Wildman–Crippen MR) is 108 cm³/mol. The van der Waals surface area contributed by atoms with Gasteiger partial charge in [0.2, 0.25) is 0 Å². The van der Waals surface area contributed by atoms with E-state index in [0.29, 0.717) is 10.4 Å². The minimum atomic E-state index is -0.567. The number of aliphatic hydroxyl groups excluding tert-OH is 1. The molecule has 0 aliphatic rings. The lowest BCUT2D eigenvalue weighted by molar-refractivity contribution is 0.0532. The van der Waals surface area contributed by atoms with Crippen molar-refractivity contribution in [2.75, 3.05) is 13.2 Å². The van der Waals surface area contributed by atoms with Crippen LogP contribution in [0.4, 0.5) is 4.39 Å². The van der Waals surface area contributed by atoms with E-state index >= 15 is 0 Å². The normalized spacial score (nSPS) is 11.1. The van der Waals surface area contributed by atoms with Crippen LogP contribution in [-0.2, 0) is 24.2 Å². The third-order valence-electron chi connectivity index (χ3n) is 4.47. The average molecular weight is 420 g/mol. The Morgan fingerprint density at radius 2 is 1.97 bits per heavy atom. The number of carbonyl (C=O) groups is 1. The van der Waals surface area contributed by atoms with E-state index in [1.165, 1.54) is 16.7 Å². The summed E-state index contributed by atoms with van der Waals surface area (Å²) in [6, 6.07) is 7.71. The lowest BCUT2D eigenvalue weighted by Gasteiger charge is -2.12. The Hall–Kier alpha value is -2.78. The number of hydrogen-bond acceptors (Lipinski definition) is 6. The average Bonchev–Trinajstić information content (AvgIpc) is 3.15. The van der Waals surface area contributed by atoms with Gasteiger partial charge in [-0.25, -0.2) is 14.0 Å². The van der Waals surface area contributed by atoms with Crippen molar-refractivity contribution in [2.45, 2.75) is 32.9 Å². The van der Waals surface area contributed by atoms with Crippen LogP contribution in [0, 0.1) is 5.82 Å². The number of hydrogen-bond donors (Lipinski definition) is 1. The third kappa shape index (κ3) is 4.30. The van der Waals surface area contributed by atoms with E-state index in [1.54, 1.807) is 25.1 Å². The summed E-state index contributed by atoms with van der Waals surface area (Å²) >= 11 is 1.00. The molecule has 0 aliphatic heterocycles. The number of aryl methyl sites for hydroxylation is 2. The summed E-state index contributed by atoms with van der Waals surface area (Å²) in [6.07, 6.45) is 0.482. The molecular formula is C20H21FN2O5S. The number of fused-ring (bicyclic) bond motifs is 1. The van der Waals surface area contributed by atoms with E-state index in [1.807, 2.05) is 0 Å². The highest BCUT2D eigenvalue weighted by molar-refractivity contribution is 7.20. The summed E-state index contributed by atoms with van der Waals surface area (Å²) in [7, 11) is 0. The first kappa shape index (κ1) is 20.9. The molecule has 3 aromatic rings. The Labute approximate surface area is 169 Å². The molecule has 9 heteroatoms. The fourth-order valence-corrected chi connectivity index (χ4v) is 4.12. The molecule has 0 radical (unpaired) electrons. The first-order valence-corrected chi connectivity index (χ1v) is 10.1. The molecule has 2 aromatic heterocycles. The van der Waals surface area contributed by atoms with Crippen LogP contribution in [0.1, 0.15) is 28.6 Å². The monoisotopic (exact) mass is 420 g/mol. The number of ether oxygens (including phenoxy) is 1. The van der Waals surface area contributed by atoms with Crippen molar-refractivity contribution < 1.29 is 19.0 Å². The zero-order valence-corrected chi connectivity index (χ0v) is 16.7. The van der Waals surface area contributed by atoms with Crippen molar-refractivity contribution in [3.05, 3.63) is 67.4 Å². The first-order valence-electron chi connectivity index (χ1n) is 9.26. The van der Waals surface area contributed by atoms with Gasteiger partial charge in [0.05, 0.1) is 12.0 Å². The fourth-order valence-electron chi connectivity index (χ4n) is 3.06. The largest absolute Gasteiger partial charge is 0.462 e. The molecule has 2 heterocycles. The third-order valence-corrected chi connectivity index (χ3v) is 5.61. The molecule has 0 atom stereocenters. The molecule has 154 valence electrons. The molecule has 0 aliphatic carbocycles. The van der Waals surface area contributed by atoms with E-state index in [0.717, 1.165) is 15.9 Å². The quantitative estimate of drug-likeness (QED) is 0.564. The summed E-state index contributed by atoms with van der Waals surface area (Å²) in [6.45, 7) is 1.88. The number of aliphatic hydroxyl groups is 1. The first-order chi connectivity index (χ1) is 14.0. The summed E-state index contributed by atoms with van der Waals surface area (Å²) in [5.41, 5.74) is -0.625. The maximum atomic E-state index is 14.0. The van der Waals surface area contributed by atoms with Gasteiger partial charge < -0.3 is 9.84 Å². The van der Waals surface area contributed by atoms with Gasteiger partial charge in [-0.3, -0.25) is 13.9 Å². The van der Waals surface area contributed by atoms with Crippen LogP contribution in [-0.4, -0.2) is 33.4 Å². The van der Waals surface area contributed by atoms with Gasteiger partial charge in [-0.15, -0.1) is 11.3 Å². The van der Waals surface area contributed by atoms with E-state index in [9.17, 15) is 18.8 Å². The van der Waals surface area contributed by atoms with Gasteiger partial charge in [0.15, 0.2) is 0 Å². The van der Waals surface area contributed by atoms with E-state index < -0.39 is 17.2 Å². The second kappa shape index (κ2) is 9.15. The maximum Gasteiger partial charge on any atom is 0.348 e. The van der Waals surface area contributed by atoms with Crippen LogP contribution >= 0.6 is 11.3 Å². The lowest BCUT2D eigenvalue weighted by atomic mass is 10.1. The molecule has 0 saturated carbocycles. The second-order valence-corrected chi connectivity index (χ2v) is 7.39. The van der Waals surface area contributed by atoms with Gasteiger partial charge in [0.25, 0.3) is 5.56 Å². The van der Waals surface area contributed by atoms with Gasteiger partial charge in [-0.1, -0.05) is 18.2 Å². The van der Waals surface area contributed by atoms with E-state index in [4.69, 9.17) is 9.84 Å². The highest BCUT2D eigenvalue weighted by Crippen LogP contribution is 2.23. The standard InChI is InChI=1S/C20H21FN2O5S/c1-2-28-19(26)16-12-14-17(25)22(9-5-11-24)20(27)23(18(14)29-16)10-8-13-6-3-4-7-15(13)21/h3-4,6-7,12,24H,2,5,8-11H2,1H3. The number of benzene rings is 1. The van der Waals surface area contributed by atoms with Crippen LogP contribution in [0.5, 0.6) is 0 Å². The second-order valence-electron chi connectivity index (χ2n) is 6.36. The summed E-state index contributed by atoms with van der Waals surface area (Å²) in [5.74, 6) is -0.938. The number of aromatic nitrogens is 2. The van der Waals surface area contributed by atoms with E-state index in [2.05, 4.69) is 0 Å². The van der Waals surface area contributed by atoms with Crippen molar-refractivity contribution in [3.63, 3.8) is 0 Å². The molecule has 0 amide bonds. The number of thiophene rings is 1. The lowest BCUT2D eigenvalue weighted by Crippen LogP contribution is -2.40. The molecule has 0 unspecified atom stereocenters. The number of carbonyl (C=O) groups excluding carboxylic acids is 1. The summed E-state index contributed by atoms with van der Waals surface area (Å²) in [5, 5.41) is 9.31. The number of nitrogens with zero attached hydrogens (tertiary/aromatic N) is 2. The van der Waals surface area contributed by atoms with Gasteiger partial charge >= 0.3 is 11.7 Å². The topological polar surface area (TPSA) is 90.5 Å². The summed E-state index contributed by atoms with van der Waals surface area (Å²) in [4.78, 5) is 38.4. The molecule has 7 nitrogen and oxygen atoms in total. The van der Waals surface area contributed by atoms with Crippen LogP contribution in [0.25, 0.3) is 10.2 Å². The number of rotatable bonds is 8. The van der Waals surface area contributed by atoms with Crippen molar-refractivity contribution in [1.29, 1.82) is 0 Å². The number of esters is 1. The molecule has 29 heavy (non-hydrogen) atoms. The maximum absolute atomic E-state index is 14.0. The van der Waals surface area contributed by atoms with Crippen LogP contribution in [0.15, 0.2) is 39.9 Å². The van der Waals surface area contributed by atoms with Crippen molar-refractivity contribution >= 4 is 27.5 Å². The summed E-state index contributed by atoms with van der Waals surface area (Å²) < 4.78 is 21.4. The molecule has 1 N–H and O–H groups in total. The Kier molecular flexibility index (Phi) is 6.60. The Morgan fingerprint density at radius 3 is 2.66 bits per heavy atom. The van der Waals surface area contributed by atoms with Crippen molar-refractivity contribution in [1.82, 2.24) is 9.13 Å². The Balaban J connectivity index is 2.11. The Bertz CT molecular complexity index is 1150. The molecular weight excluding hydrogens is 399 g/mol. The molecule has 1 aromatic carbocycles. The van der Waals surface area contributed by atoms with Gasteiger partial charge in [0, 0.05) is 19.7 Å². The smallest absolute Gasteiger partial charge is 0.348 e. The molecule has 0 bridgehead atoms. The Morgan fingerprint density at radius 1 is 1.21 bits per heavy atom. The van der Waals surface area contributed by atoms with Crippen LogP contribution < -0.4 is 11.2 Å². The van der Waals surface area contributed by atoms with Crippen LogP contribution in [0.2, 0.25) is 0 Å². The molecule has 0 saturated heterocycles. The van der Waals surface area contributed by atoms with Gasteiger partial charge in [0.1, 0.15) is 15.5 Å². The minimum absolute atomic E-state index is 0.0500. The van der Waals surface area contributed by atoms with Crippen LogP contribution in [0.3, 0.4) is 0 Å². The SMILES string of the molecule is CCOC(=O)c1cc2c(=O)n(CCCO)c(=O)n(CCc3ccccc3F)c2s1. The molecule has 0 spiro atoms. The minimum Gasteiger partial charge on any atom is -0.462 e. The van der Waals surface area contributed by atoms with E-state index in [-0.39, 0.29) is 55.2 Å². The zero-order valence-electron chi connectivity index (χ0n) is 15.9. The zero-order chi connectivity index (χ0) is 21.0. The molecule has 0 fully saturated rings.